The zero-order chi connectivity index (χ0) is 13.9. The number of amides is 1. The van der Waals surface area contributed by atoms with Gasteiger partial charge >= 0.3 is 0 Å². The van der Waals surface area contributed by atoms with E-state index in [-0.39, 0.29) is 36.1 Å². The van der Waals surface area contributed by atoms with Gasteiger partial charge in [-0.25, -0.2) is 0 Å². The van der Waals surface area contributed by atoms with Crippen molar-refractivity contribution in [3.8, 4) is 0 Å². The summed E-state index contributed by atoms with van der Waals surface area (Å²) in [4.78, 5) is 12.0. The molecule has 0 aromatic carbocycles. The van der Waals surface area contributed by atoms with Crippen LogP contribution in [0.25, 0.3) is 0 Å². The average Bonchev–Trinajstić information content (AvgIpc) is 2.69. The predicted molar refractivity (Wildman–Crippen MR) is 70.3 cm³/mol. The predicted octanol–water partition coefficient (Wildman–Crippen LogP) is 0.862. The van der Waals surface area contributed by atoms with E-state index in [1.165, 1.54) is 0 Å². The maximum atomic E-state index is 12.0. The molecule has 6 nitrogen and oxygen atoms in total. The van der Waals surface area contributed by atoms with Crippen molar-refractivity contribution in [3.05, 3.63) is 11.4 Å². The number of aliphatic hydroxyl groups is 1. The minimum Gasteiger partial charge on any atom is -0.396 e. The Balaban J connectivity index is 2.79. The van der Waals surface area contributed by atoms with E-state index in [1.54, 1.807) is 0 Å². The molecule has 0 spiro atoms. The molecule has 2 unspecified atom stereocenters. The fourth-order valence-electron chi connectivity index (χ4n) is 1.55. The molecule has 0 aliphatic rings. The Labute approximate surface area is 107 Å². The summed E-state index contributed by atoms with van der Waals surface area (Å²) in [5.41, 5.74) is 7.27. The minimum atomic E-state index is -0.316. The largest absolute Gasteiger partial charge is 0.396 e. The third kappa shape index (κ3) is 3.01. The molecule has 0 aliphatic heterocycles. The number of H-pyrrole nitrogens is 1. The lowest BCUT2D eigenvalue weighted by atomic mass is 10.0. The highest BCUT2D eigenvalue weighted by Crippen LogP contribution is 2.22. The van der Waals surface area contributed by atoms with Crippen LogP contribution in [0, 0.1) is 5.92 Å². The lowest BCUT2D eigenvalue weighted by Crippen LogP contribution is -2.38. The quantitative estimate of drug-likeness (QED) is 0.625. The number of carbonyl (C=O) groups is 1. The number of nitrogens with one attached hydrogen (secondary N) is 2. The van der Waals surface area contributed by atoms with Crippen LogP contribution in [-0.4, -0.2) is 33.9 Å². The van der Waals surface area contributed by atoms with Crippen molar-refractivity contribution in [1.82, 2.24) is 15.5 Å². The molecular formula is C12H22N4O2. The van der Waals surface area contributed by atoms with E-state index in [2.05, 4.69) is 15.5 Å². The highest BCUT2D eigenvalue weighted by Gasteiger charge is 2.21. The zero-order valence-electron chi connectivity index (χ0n) is 11.3. The van der Waals surface area contributed by atoms with Crippen LogP contribution in [0.2, 0.25) is 0 Å². The second-order valence-corrected chi connectivity index (χ2v) is 4.98. The number of aliphatic hydroxyl groups excluding tert-OH is 1. The minimum absolute atomic E-state index is 0.0151. The number of nitrogen functional groups attached to an aromatic ring is 1. The van der Waals surface area contributed by atoms with E-state index in [9.17, 15) is 4.79 Å². The molecule has 0 saturated carbocycles. The van der Waals surface area contributed by atoms with Gasteiger partial charge in [0.25, 0.3) is 5.91 Å². The van der Waals surface area contributed by atoms with Gasteiger partial charge in [0.15, 0.2) is 5.69 Å². The fourth-order valence-corrected chi connectivity index (χ4v) is 1.55. The smallest absolute Gasteiger partial charge is 0.274 e. The van der Waals surface area contributed by atoms with E-state index in [0.29, 0.717) is 5.69 Å². The van der Waals surface area contributed by atoms with E-state index in [1.807, 2.05) is 27.7 Å². The Hall–Kier alpha value is -1.56. The summed E-state index contributed by atoms with van der Waals surface area (Å²) < 4.78 is 0. The third-order valence-corrected chi connectivity index (χ3v) is 3.13. The van der Waals surface area contributed by atoms with Gasteiger partial charge in [-0.1, -0.05) is 20.8 Å². The van der Waals surface area contributed by atoms with Crippen molar-refractivity contribution in [2.45, 2.75) is 39.7 Å². The monoisotopic (exact) mass is 254 g/mol. The average molecular weight is 254 g/mol. The van der Waals surface area contributed by atoms with E-state index in [0.717, 1.165) is 5.69 Å². The maximum Gasteiger partial charge on any atom is 0.274 e. The molecule has 1 aromatic heterocycles. The Kier molecular flexibility index (Phi) is 4.72. The molecule has 18 heavy (non-hydrogen) atoms. The summed E-state index contributed by atoms with van der Waals surface area (Å²) in [5.74, 6) is -0.144. The van der Waals surface area contributed by atoms with Crippen LogP contribution in [0.5, 0.6) is 0 Å². The van der Waals surface area contributed by atoms with Gasteiger partial charge < -0.3 is 16.2 Å². The summed E-state index contributed by atoms with van der Waals surface area (Å²) >= 11 is 0. The Morgan fingerprint density at radius 3 is 2.50 bits per heavy atom. The lowest BCUT2D eigenvalue weighted by Gasteiger charge is -2.18. The number of carbonyl (C=O) groups excluding carboxylic acids is 1. The van der Waals surface area contributed by atoms with Crippen LogP contribution in [0.4, 0.5) is 5.69 Å². The zero-order valence-corrected chi connectivity index (χ0v) is 11.3. The number of nitrogens with two attached hydrogens (primary N) is 1. The van der Waals surface area contributed by atoms with Crippen molar-refractivity contribution < 1.29 is 9.90 Å². The Morgan fingerprint density at radius 2 is 2.06 bits per heavy atom. The first kappa shape index (κ1) is 14.5. The highest BCUT2D eigenvalue weighted by molar-refractivity contribution is 5.97. The molecule has 0 aliphatic carbocycles. The highest BCUT2D eigenvalue weighted by atomic mass is 16.3. The van der Waals surface area contributed by atoms with Gasteiger partial charge in [0.05, 0.1) is 11.4 Å². The number of rotatable bonds is 5. The molecule has 1 amide bonds. The molecule has 0 radical (unpaired) electrons. The van der Waals surface area contributed by atoms with E-state index in [4.69, 9.17) is 10.8 Å². The summed E-state index contributed by atoms with van der Waals surface area (Å²) in [6.07, 6.45) is 0. The number of aromatic amines is 1. The first-order chi connectivity index (χ1) is 8.38. The van der Waals surface area contributed by atoms with Crippen LogP contribution in [0.3, 0.4) is 0 Å². The second kappa shape index (κ2) is 5.86. The van der Waals surface area contributed by atoms with Crippen LogP contribution >= 0.6 is 0 Å². The number of aromatic nitrogens is 2. The Morgan fingerprint density at radius 1 is 1.44 bits per heavy atom. The standard InChI is InChI=1S/C12H22N4O2/c1-6(2)10-9(13)11(16-15-10)12(18)14-8(4)7(3)5-17/h6-8,17H,5,13H2,1-4H3,(H,14,18)(H,15,16). The molecule has 0 fully saturated rings. The van der Waals surface area contributed by atoms with Gasteiger partial charge in [0, 0.05) is 12.6 Å². The van der Waals surface area contributed by atoms with Crippen LogP contribution in [-0.2, 0) is 0 Å². The van der Waals surface area contributed by atoms with Crippen LogP contribution in [0.1, 0.15) is 49.8 Å². The summed E-state index contributed by atoms with van der Waals surface area (Å²) in [6.45, 7) is 7.67. The lowest BCUT2D eigenvalue weighted by molar-refractivity contribution is 0.0912. The summed E-state index contributed by atoms with van der Waals surface area (Å²) in [7, 11) is 0. The number of hydrogen-bond acceptors (Lipinski definition) is 4. The van der Waals surface area contributed by atoms with E-state index >= 15 is 0 Å². The van der Waals surface area contributed by atoms with Gasteiger partial charge in [0.2, 0.25) is 0 Å². The molecule has 0 saturated heterocycles. The molecule has 102 valence electrons. The molecule has 2 atom stereocenters. The summed E-state index contributed by atoms with van der Waals surface area (Å²) in [5, 5.41) is 18.5. The fraction of sp³-hybridized carbons (Fsp3) is 0.667. The van der Waals surface area contributed by atoms with Gasteiger partial charge in [-0.15, -0.1) is 0 Å². The molecule has 1 rings (SSSR count). The van der Waals surface area contributed by atoms with Crippen molar-refractivity contribution in [2.24, 2.45) is 5.92 Å². The first-order valence-corrected chi connectivity index (χ1v) is 6.13. The van der Waals surface area contributed by atoms with Crippen molar-refractivity contribution >= 4 is 11.6 Å². The normalized spacial score (nSPS) is 14.6. The van der Waals surface area contributed by atoms with E-state index < -0.39 is 0 Å². The first-order valence-electron chi connectivity index (χ1n) is 6.13. The second-order valence-electron chi connectivity index (χ2n) is 4.98. The molecule has 5 N–H and O–H groups in total. The number of nitrogens with zero attached hydrogens (tertiary/aromatic N) is 1. The molecule has 0 bridgehead atoms. The van der Waals surface area contributed by atoms with Crippen molar-refractivity contribution in [3.63, 3.8) is 0 Å². The third-order valence-electron chi connectivity index (χ3n) is 3.13. The SMILES string of the molecule is CC(C)c1[nH]nc(C(=O)NC(C)C(C)CO)c1N. The number of anilines is 1. The molecule has 1 aromatic rings. The van der Waals surface area contributed by atoms with Crippen LogP contribution < -0.4 is 11.1 Å². The molecular weight excluding hydrogens is 232 g/mol. The van der Waals surface area contributed by atoms with Gasteiger partial charge in [0.1, 0.15) is 0 Å². The molecule has 1 heterocycles. The van der Waals surface area contributed by atoms with Gasteiger partial charge in [-0.05, 0) is 18.8 Å². The molecule has 6 heteroatoms. The van der Waals surface area contributed by atoms with Gasteiger partial charge in [-0.2, -0.15) is 5.10 Å². The number of hydrogen-bond donors (Lipinski definition) is 4. The van der Waals surface area contributed by atoms with Crippen molar-refractivity contribution in [2.75, 3.05) is 12.3 Å². The van der Waals surface area contributed by atoms with Crippen molar-refractivity contribution in [1.29, 1.82) is 0 Å². The van der Waals surface area contributed by atoms with Gasteiger partial charge in [-0.3, -0.25) is 9.89 Å². The topological polar surface area (TPSA) is 104 Å². The Bertz CT molecular complexity index is 414. The maximum absolute atomic E-state index is 12.0. The summed E-state index contributed by atoms with van der Waals surface area (Å²) in [6, 6.07) is -0.138. The van der Waals surface area contributed by atoms with Crippen LogP contribution in [0.15, 0.2) is 0 Å².